The molecule has 1 aromatic heterocycles. The first-order valence-electron chi connectivity index (χ1n) is 12.2. The Morgan fingerprint density at radius 2 is 1.81 bits per heavy atom. The first-order valence-corrected chi connectivity index (χ1v) is 12.5. The highest BCUT2D eigenvalue weighted by molar-refractivity contribution is 6.30. The SMILES string of the molecule is O=C(Nc1cccc(C(F)(F)F)c1)[C@H]1CCCN(Cc2nc3ccccc3n2Cc2ccc(Cl)cc2)C1. The molecule has 1 fully saturated rings. The van der Waals surface area contributed by atoms with Gasteiger partial charge >= 0.3 is 6.18 Å². The van der Waals surface area contributed by atoms with Gasteiger partial charge in [0.2, 0.25) is 5.91 Å². The highest BCUT2D eigenvalue weighted by Crippen LogP contribution is 2.31. The number of benzene rings is 3. The van der Waals surface area contributed by atoms with Crippen molar-refractivity contribution in [3.63, 3.8) is 0 Å². The normalized spacial score (nSPS) is 16.7. The van der Waals surface area contributed by atoms with E-state index in [-0.39, 0.29) is 17.5 Å². The molecule has 37 heavy (non-hydrogen) atoms. The van der Waals surface area contributed by atoms with Gasteiger partial charge in [-0.05, 0) is 67.4 Å². The molecule has 2 heterocycles. The molecule has 0 unspecified atom stereocenters. The van der Waals surface area contributed by atoms with Gasteiger partial charge in [-0.2, -0.15) is 13.2 Å². The van der Waals surface area contributed by atoms with Crippen molar-refractivity contribution in [2.45, 2.75) is 32.1 Å². The van der Waals surface area contributed by atoms with Crippen LogP contribution in [0.15, 0.2) is 72.8 Å². The van der Waals surface area contributed by atoms with Gasteiger partial charge in [-0.1, -0.05) is 41.9 Å². The number of aromatic nitrogens is 2. The Morgan fingerprint density at radius 1 is 1.03 bits per heavy atom. The van der Waals surface area contributed by atoms with E-state index in [0.717, 1.165) is 47.5 Å². The number of carbonyl (C=O) groups is 1. The fraction of sp³-hybridized carbons (Fsp3) is 0.286. The van der Waals surface area contributed by atoms with Crippen molar-refractivity contribution in [1.29, 1.82) is 0 Å². The van der Waals surface area contributed by atoms with Gasteiger partial charge in [0.1, 0.15) is 5.82 Å². The monoisotopic (exact) mass is 526 g/mol. The zero-order valence-electron chi connectivity index (χ0n) is 20.0. The minimum absolute atomic E-state index is 0.154. The second-order valence-electron chi connectivity index (χ2n) is 9.37. The molecule has 1 aliphatic rings. The van der Waals surface area contributed by atoms with Crippen molar-refractivity contribution >= 4 is 34.2 Å². The fourth-order valence-electron chi connectivity index (χ4n) is 4.83. The number of likely N-dealkylation sites (tertiary alicyclic amines) is 1. The Hall–Kier alpha value is -3.36. The Labute approximate surface area is 217 Å². The van der Waals surface area contributed by atoms with Gasteiger partial charge < -0.3 is 9.88 Å². The number of carbonyl (C=O) groups excluding carboxylic acids is 1. The van der Waals surface area contributed by atoms with Crippen LogP contribution in [0, 0.1) is 5.92 Å². The van der Waals surface area contributed by atoms with Crippen LogP contribution in [0.5, 0.6) is 0 Å². The number of halogens is 4. The van der Waals surface area contributed by atoms with Crippen LogP contribution in [0.1, 0.15) is 29.8 Å². The highest BCUT2D eigenvalue weighted by Gasteiger charge is 2.31. The standard InChI is InChI=1S/C28H26ClF3N4O/c29-22-12-10-19(11-13-22)16-36-25-9-2-1-8-24(25)34-26(36)18-35-14-4-5-20(17-35)27(37)33-23-7-3-6-21(15-23)28(30,31)32/h1-3,6-13,15,20H,4-5,14,16-18H2,(H,33,37)/t20-/m0/s1. The predicted octanol–water partition coefficient (Wildman–Crippen LogP) is 6.61. The largest absolute Gasteiger partial charge is 0.416 e. The van der Waals surface area contributed by atoms with Gasteiger partial charge in [-0.15, -0.1) is 0 Å². The molecular weight excluding hydrogens is 501 g/mol. The number of fused-ring (bicyclic) bond motifs is 1. The minimum atomic E-state index is -4.46. The number of hydrogen-bond donors (Lipinski definition) is 1. The number of piperidine rings is 1. The van der Waals surface area contributed by atoms with Crippen molar-refractivity contribution in [3.05, 3.63) is 94.8 Å². The molecule has 1 saturated heterocycles. The van der Waals surface area contributed by atoms with Gasteiger partial charge in [-0.25, -0.2) is 4.98 Å². The van der Waals surface area contributed by atoms with Gasteiger partial charge in [0.05, 0.1) is 29.1 Å². The van der Waals surface area contributed by atoms with E-state index in [1.165, 1.54) is 12.1 Å². The number of nitrogens with one attached hydrogen (secondary N) is 1. The van der Waals surface area contributed by atoms with E-state index in [1.807, 2.05) is 48.5 Å². The van der Waals surface area contributed by atoms with E-state index < -0.39 is 11.7 Å². The summed E-state index contributed by atoms with van der Waals surface area (Å²) >= 11 is 6.06. The molecule has 5 nitrogen and oxygen atoms in total. The average molecular weight is 527 g/mol. The number of para-hydroxylation sites is 2. The summed E-state index contributed by atoms with van der Waals surface area (Å²) in [5.74, 6) is 0.311. The molecular formula is C28H26ClF3N4O. The summed E-state index contributed by atoms with van der Waals surface area (Å²) in [7, 11) is 0. The molecule has 1 N–H and O–H groups in total. The Bertz CT molecular complexity index is 1400. The number of imidazole rings is 1. The van der Waals surface area contributed by atoms with Crippen LogP contribution in [-0.4, -0.2) is 33.4 Å². The van der Waals surface area contributed by atoms with Crippen LogP contribution in [-0.2, 0) is 24.1 Å². The van der Waals surface area contributed by atoms with Gasteiger partial charge in [0, 0.05) is 23.8 Å². The third-order valence-electron chi connectivity index (χ3n) is 6.69. The van der Waals surface area contributed by atoms with E-state index in [4.69, 9.17) is 16.6 Å². The fourth-order valence-corrected chi connectivity index (χ4v) is 4.95. The first kappa shape index (κ1) is 25.3. The summed E-state index contributed by atoms with van der Waals surface area (Å²) in [5.41, 5.74) is 2.41. The highest BCUT2D eigenvalue weighted by atomic mass is 35.5. The predicted molar refractivity (Wildman–Crippen MR) is 138 cm³/mol. The zero-order chi connectivity index (χ0) is 26.0. The molecule has 1 atom stereocenters. The third-order valence-corrected chi connectivity index (χ3v) is 6.94. The van der Waals surface area contributed by atoms with Crippen molar-refractivity contribution in [1.82, 2.24) is 14.5 Å². The molecule has 0 saturated carbocycles. The Morgan fingerprint density at radius 3 is 2.59 bits per heavy atom. The quantitative estimate of drug-likeness (QED) is 0.308. The maximum atomic E-state index is 13.0. The molecule has 1 aliphatic heterocycles. The van der Waals surface area contributed by atoms with Gasteiger partial charge in [-0.3, -0.25) is 9.69 Å². The second kappa shape index (κ2) is 10.6. The smallest absolute Gasteiger partial charge is 0.326 e. The van der Waals surface area contributed by atoms with Crippen LogP contribution in [0.4, 0.5) is 18.9 Å². The van der Waals surface area contributed by atoms with Crippen molar-refractivity contribution in [2.24, 2.45) is 5.92 Å². The molecule has 0 aliphatic carbocycles. The molecule has 0 radical (unpaired) electrons. The number of hydrogen-bond acceptors (Lipinski definition) is 3. The second-order valence-corrected chi connectivity index (χ2v) is 9.81. The van der Waals surface area contributed by atoms with Crippen molar-refractivity contribution in [3.8, 4) is 0 Å². The summed E-state index contributed by atoms with van der Waals surface area (Å²) < 4.78 is 41.3. The number of anilines is 1. The van der Waals surface area contributed by atoms with E-state index in [0.29, 0.717) is 31.1 Å². The van der Waals surface area contributed by atoms with E-state index >= 15 is 0 Å². The molecule has 192 valence electrons. The van der Waals surface area contributed by atoms with E-state index in [9.17, 15) is 18.0 Å². The maximum Gasteiger partial charge on any atom is 0.416 e. The summed E-state index contributed by atoms with van der Waals surface area (Å²) in [6, 6.07) is 20.5. The summed E-state index contributed by atoms with van der Waals surface area (Å²) in [6.45, 7) is 2.53. The lowest BCUT2D eigenvalue weighted by Crippen LogP contribution is -2.40. The zero-order valence-corrected chi connectivity index (χ0v) is 20.8. The molecule has 1 amide bonds. The van der Waals surface area contributed by atoms with E-state index in [2.05, 4.69) is 14.8 Å². The number of amides is 1. The molecule has 9 heteroatoms. The van der Waals surface area contributed by atoms with Crippen LogP contribution in [0.2, 0.25) is 5.02 Å². The van der Waals surface area contributed by atoms with Crippen LogP contribution >= 0.6 is 11.6 Å². The molecule has 0 bridgehead atoms. The topological polar surface area (TPSA) is 50.2 Å². The summed E-state index contributed by atoms with van der Waals surface area (Å²) in [5, 5.41) is 3.36. The van der Waals surface area contributed by atoms with Crippen LogP contribution in [0.3, 0.4) is 0 Å². The van der Waals surface area contributed by atoms with Crippen LogP contribution in [0.25, 0.3) is 11.0 Å². The van der Waals surface area contributed by atoms with E-state index in [1.54, 1.807) is 0 Å². The lowest BCUT2D eigenvalue weighted by Gasteiger charge is -2.31. The summed E-state index contributed by atoms with van der Waals surface area (Å²) in [4.78, 5) is 20.0. The first-order chi connectivity index (χ1) is 17.8. The molecule has 0 spiro atoms. The number of rotatable bonds is 6. The third kappa shape index (κ3) is 5.97. The van der Waals surface area contributed by atoms with Crippen LogP contribution < -0.4 is 5.32 Å². The lowest BCUT2D eigenvalue weighted by molar-refractivity contribution is -0.137. The molecule has 4 aromatic rings. The number of alkyl halides is 3. The Balaban J connectivity index is 1.31. The number of nitrogens with zero attached hydrogens (tertiary/aromatic N) is 3. The Kier molecular flexibility index (Phi) is 7.22. The van der Waals surface area contributed by atoms with Gasteiger partial charge in [0.25, 0.3) is 0 Å². The minimum Gasteiger partial charge on any atom is -0.326 e. The van der Waals surface area contributed by atoms with Crippen molar-refractivity contribution < 1.29 is 18.0 Å². The molecule has 5 rings (SSSR count). The van der Waals surface area contributed by atoms with Gasteiger partial charge in [0.15, 0.2) is 0 Å². The lowest BCUT2D eigenvalue weighted by atomic mass is 9.97. The molecule has 3 aromatic carbocycles. The van der Waals surface area contributed by atoms with Crippen molar-refractivity contribution in [2.75, 3.05) is 18.4 Å². The maximum absolute atomic E-state index is 13.0. The summed E-state index contributed by atoms with van der Waals surface area (Å²) in [6.07, 6.45) is -2.96. The average Bonchev–Trinajstić information content (AvgIpc) is 3.22.